The first-order chi connectivity index (χ1) is 11.8. The number of nitrogens with two attached hydrogens (primary N) is 1. The lowest BCUT2D eigenvalue weighted by Crippen LogP contribution is -2.16. The van der Waals surface area contributed by atoms with Gasteiger partial charge < -0.3 is 24.8 Å². The normalized spacial score (nSPS) is 11.2. The van der Waals surface area contributed by atoms with Crippen molar-refractivity contribution in [2.45, 2.75) is 13.5 Å². The van der Waals surface area contributed by atoms with E-state index in [1.807, 2.05) is 32.0 Å². The van der Waals surface area contributed by atoms with Gasteiger partial charge in [0.2, 0.25) is 5.76 Å². The predicted octanol–water partition coefficient (Wildman–Crippen LogP) is 2.75. The smallest absolute Gasteiger partial charge is 0.291 e. The highest BCUT2D eigenvalue weighted by Gasteiger charge is 2.22. The SMILES string of the molecule is Cc1ccc2c(NC(=O)c3ccc(CN(C)C)o3)c(C(N)=O)oc2c1. The van der Waals surface area contributed by atoms with E-state index in [0.717, 1.165) is 5.56 Å². The molecule has 0 fully saturated rings. The number of carbonyl (C=O) groups excluding carboxylic acids is 2. The number of nitrogens with one attached hydrogen (secondary N) is 1. The third-order valence-electron chi connectivity index (χ3n) is 3.67. The van der Waals surface area contributed by atoms with Crippen LogP contribution in [-0.2, 0) is 6.54 Å². The monoisotopic (exact) mass is 341 g/mol. The first-order valence-electron chi connectivity index (χ1n) is 7.73. The molecule has 0 aliphatic carbocycles. The molecule has 0 saturated carbocycles. The van der Waals surface area contributed by atoms with Crippen molar-refractivity contribution in [3.8, 4) is 0 Å². The van der Waals surface area contributed by atoms with Crippen LogP contribution in [0.25, 0.3) is 11.0 Å². The maximum absolute atomic E-state index is 12.5. The van der Waals surface area contributed by atoms with Crippen LogP contribution in [0.15, 0.2) is 39.2 Å². The molecule has 1 aromatic carbocycles. The van der Waals surface area contributed by atoms with Crippen molar-refractivity contribution in [2.24, 2.45) is 5.73 Å². The van der Waals surface area contributed by atoms with E-state index in [9.17, 15) is 9.59 Å². The number of benzene rings is 1. The molecule has 0 saturated heterocycles. The molecule has 0 aliphatic heterocycles. The van der Waals surface area contributed by atoms with Gasteiger partial charge in [0.15, 0.2) is 5.76 Å². The number of hydrogen-bond acceptors (Lipinski definition) is 5. The van der Waals surface area contributed by atoms with Crippen LogP contribution < -0.4 is 11.1 Å². The Morgan fingerprint density at radius 3 is 2.60 bits per heavy atom. The largest absolute Gasteiger partial charge is 0.455 e. The molecule has 2 amide bonds. The maximum atomic E-state index is 12.5. The minimum Gasteiger partial charge on any atom is -0.455 e. The van der Waals surface area contributed by atoms with Gasteiger partial charge in [-0.05, 0) is 50.8 Å². The summed E-state index contributed by atoms with van der Waals surface area (Å²) in [4.78, 5) is 26.1. The molecule has 3 aromatic rings. The minimum atomic E-state index is -0.753. The summed E-state index contributed by atoms with van der Waals surface area (Å²) < 4.78 is 11.0. The molecule has 0 unspecified atom stereocenters. The average Bonchev–Trinajstić information content (AvgIpc) is 3.11. The molecule has 7 heteroatoms. The lowest BCUT2D eigenvalue weighted by molar-refractivity contribution is 0.0977. The lowest BCUT2D eigenvalue weighted by Gasteiger charge is -2.06. The number of fused-ring (bicyclic) bond motifs is 1. The van der Waals surface area contributed by atoms with E-state index in [1.54, 1.807) is 24.3 Å². The molecule has 0 aliphatic rings. The van der Waals surface area contributed by atoms with Gasteiger partial charge in [0.05, 0.1) is 6.54 Å². The highest BCUT2D eigenvalue weighted by Crippen LogP contribution is 2.32. The van der Waals surface area contributed by atoms with Gasteiger partial charge >= 0.3 is 0 Å². The molecule has 2 heterocycles. The summed E-state index contributed by atoms with van der Waals surface area (Å²) >= 11 is 0. The van der Waals surface area contributed by atoms with E-state index in [-0.39, 0.29) is 17.2 Å². The third-order valence-corrected chi connectivity index (χ3v) is 3.67. The number of nitrogens with zero attached hydrogens (tertiary/aromatic N) is 1. The molecule has 3 rings (SSSR count). The van der Waals surface area contributed by atoms with Crippen molar-refractivity contribution < 1.29 is 18.4 Å². The van der Waals surface area contributed by atoms with Crippen molar-refractivity contribution in [3.05, 3.63) is 53.2 Å². The maximum Gasteiger partial charge on any atom is 0.291 e. The Hall–Kier alpha value is -3.06. The lowest BCUT2D eigenvalue weighted by atomic mass is 10.1. The van der Waals surface area contributed by atoms with E-state index in [0.29, 0.717) is 23.3 Å². The Labute approximate surface area is 144 Å². The first kappa shape index (κ1) is 16.8. The van der Waals surface area contributed by atoms with Crippen LogP contribution in [0, 0.1) is 6.92 Å². The second kappa shape index (κ2) is 6.45. The molecule has 0 atom stereocenters. The van der Waals surface area contributed by atoms with Crippen molar-refractivity contribution in [2.75, 3.05) is 19.4 Å². The number of rotatable bonds is 5. The first-order valence-corrected chi connectivity index (χ1v) is 7.73. The Balaban J connectivity index is 1.94. The Bertz CT molecular complexity index is 953. The van der Waals surface area contributed by atoms with E-state index in [4.69, 9.17) is 14.6 Å². The van der Waals surface area contributed by atoms with Gasteiger partial charge in [0.1, 0.15) is 17.0 Å². The summed E-state index contributed by atoms with van der Waals surface area (Å²) in [6.45, 7) is 2.48. The minimum absolute atomic E-state index is 0.0889. The Morgan fingerprint density at radius 1 is 1.16 bits per heavy atom. The number of hydrogen-bond donors (Lipinski definition) is 2. The van der Waals surface area contributed by atoms with Gasteiger partial charge in [-0.1, -0.05) is 6.07 Å². The summed E-state index contributed by atoms with van der Waals surface area (Å²) in [6.07, 6.45) is 0. The number of primary amides is 1. The quantitative estimate of drug-likeness (QED) is 0.743. The second-order valence-corrected chi connectivity index (χ2v) is 6.13. The fourth-order valence-electron chi connectivity index (χ4n) is 2.57. The van der Waals surface area contributed by atoms with Gasteiger partial charge in [0, 0.05) is 5.39 Å². The van der Waals surface area contributed by atoms with Gasteiger partial charge in [-0.3, -0.25) is 9.59 Å². The van der Waals surface area contributed by atoms with Crippen LogP contribution in [0.1, 0.15) is 32.4 Å². The highest BCUT2D eigenvalue weighted by molar-refractivity contribution is 6.13. The van der Waals surface area contributed by atoms with Crippen molar-refractivity contribution in [1.82, 2.24) is 4.90 Å². The van der Waals surface area contributed by atoms with E-state index in [2.05, 4.69) is 5.32 Å². The summed E-state index contributed by atoms with van der Waals surface area (Å²) in [5.74, 6) is -0.506. The number of anilines is 1. The molecule has 0 bridgehead atoms. The molecule has 0 radical (unpaired) electrons. The summed E-state index contributed by atoms with van der Waals surface area (Å²) in [5, 5.41) is 3.28. The van der Waals surface area contributed by atoms with Crippen LogP contribution in [0.4, 0.5) is 5.69 Å². The van der Waals surface area contributed by atoms with Crippen LogP contribution in [0.2, 0.25) is 0 Å². The second-order valence-electron chi connectivity index (χ2n) is 6.13. The van der Waals surface area contributed by atoms with Crippen LogP contribution in [-0.4, -0.2) is 30.8 Å². The number of carbonyl (C=O) groups is 2. The molecule has 2 aromatic heterocycles. The topological polar surface area (TPSA) is 102 Å². The highest BCUT2D eigenvalue weighted by atomic mass is 16.4. The Morgan fingerprint density at radius 2 is 1.92 bits per heavy atom. The number of amides is 2. The van der Waals surface area contributed by atoms with Crippen molar-refractivity contribution in [3.63, 3.8) is 0 Å². The summed E-state index contributed by atoms with van der Waals surface area (Å²) in [6, 6.07) is 8.74. The van der Waals surface area contributed by atoms with Crippen molar-refractivity contribution in [1.29, 1.82) is 0 Å². The zero-order chi connectivity index (χ0) is 18.1. The van der Waals surface area contributed by atoms with E-state index in [1.165, 1.54) is 0 Å². The molecule has 7 nitrogen and oxygen atoms in total. The molecule has 3 N–H and O–H groups in total. The fraction of sp³-hybridized carbons (Fsp3) is 0.222. The number of furan rings is 2. The molecular weight excluding hydrogens is 322 g/mol. The molecule has 0 spiro atoms. The van der Waals surface area contributed by atoms with Gasteiger partial charge in [-0.15, -0.1) is 0 Å². The van der Waals surface area contributed by atoms with Crippen LogP contribution >= 0.6 is 0 Å². The molecule has 130 valence electrons. The van der Waals surface area contributed by atoms with Gasteiger partial charge in [-0.2, -0.15) is 0 Å². The predicted molar refractivity (Wildman–Crippen MR) is 93.5 cm³/mol. The van der Waals surface area contributed by atoms with Crippen molar-refractivity contribution >= 4 is 28.5 Å². The zero-order valence-corrected chi connectivity index (χ0v) is 14.3. The van der Waals surface area contributed by atoms with Crippen LogP contribution in [0.5, 0.6) is 0 Å². The third kappa shape index (κ3) is 3.41. The summed E-state index contributed by atoms with van der Waals surface area (Å²) in [5.41, 5.74) is 7.08. The van der Waals surface area contributed by atoms with Gasteiger partial charge in [0.25, 0.3) is 11.8 Å². The molecule has 25 heavy (non-hydrogen) atoms. The number of aryl methyl sites for hydroxylation is 1. The Kier molecular flexibility index (Phi) is 4.33. The zero-order valence-electron chi connectivity index (χ0n) is 14.3. The summed E-state index contributed by atoms with van der Waals surface area (Å²) in [7, 11) is 3.81. The average molecular weight is 341 g/mol. The fourth-order valence-corrected chi connectivity index (χ4v) is 2.57. The van der Waals surface area contributed by atoms with E-state index >= 15 is 0 Å². The van der Waals surface area contributed by atoms with E-state index < -0.39 is 11.8 Å². The van der Waals surface area contributed by atoms with Crippen LogP contribution in [0.3, 0.4) is 0 Å². The molecular formula is C18H19N3O4. The standard InChI is InChI=1S/C18H19N3O4/c1-10-4-6-12-14(8-10)25-16(17(19)22)15(12)20-18(23)13-7-5-11(24-13)9-21(2)3/h4-8H,9H2,1-3H3,(H2,19,22)(H,20,23). The van der Waals surface area contributed by atoms with Gasteiger partial charge in [-0.25, -0.2) is 0 Å².